The molecule has 7 heteroatoms. The predicted octanol–water partition coefficient (Wildman–Crippen LogP) is 8.11. The Balaban J connectivity index is 3.58. The second-order valence-electron chi connectivity index (χ2n) is 11.9. The van der Waals surface area contributed by atoms with Gasteiger partial charge in [0.25, 0.3) is 0 Å². The van der Waals surface area contributed by atoms with E-state index in [2.05, 4.69) is 19.9 Å². The Morgan fingerprint density at radius 2 is 0.976 bits per heavy atom. The third kappa shape index (κ3) is 28.7. The molecule has 0 aromatic heterocycles. The molecule has 0 aromatic rings. The molecule has 0 radical (unpaired) electrons. The van der Waals surface area contributed by atoms with Crippen LogP contribution in [0.1, 0.15) is 168 Å². The van der Waals surface area contributed by atoms with Gasteiger partial charge in [-0.2, -0.15) is 0 Å². The van der Waals surface area contributed by atoms with E-state index in [1.54, 1.807) is 0 Å². The average molecular weight is 599 g/mol. The molecule has 0 saturated heterocycles. The van der Waals surface area contributed by atoms with Crippen molar-refractivity contribution in [3.05, 3.63) is 12.2 Å². The molecule has 0 bridgehead atoms. The molecule has 0 heterocycles. The fraction of sp³-hybridized carbons (Fsp3) is 0.886. The number of hydrogen-bond acceptors (Lipinski definition) is 7. The zero-order valence-electron chi connectivity index (χ0n) is 27.2. The van der Waals surface area contributed by atoms with Gasteiger partial charge in [0.2, 0.25) is 0 Å². The fourth-order valence-electron chi connectivity index (χ4n) is 4.87. The van der Waals surface area contributed by atoms with Gasteiger partial charge in [0.1, 0.15) is 19.3 Å². The van der Waals surface area contributed by atoms with E-state index in [0.717, 1.165) is 51.4 Å². The zero-order valence-corrected chi connectivity index (χ0v) is 27.2. The lowest BCUT2D eigenvalue weighted by molar-refractivity contribution is -0.152. The lowest BCUT2D eigenvalue weighted by atomic mass is 10.0. The van der Waals surface area contributed by atoms with Gasteiger partial charge in [-0.05, 0) is 38.5 Å². The molecule has 0 amide bonds. The highest BCUT2D eigenvalue weighted by atomic mass is 16.6. The molecule has 0 aliphatic heterocycles. The lowest BCUT2D eigenvalue weighted by Gasteiger charge is -2.16. The number of ether oxygens (including phenoxy) is 2. The first kappa shape index (κ1) is 40.6. The first-order valence-electron chi connectivity index (χ1n) is 17.4. The highest BCUT2D eigenvalue weighted by Crippen LogP contribution is 2.14. The van der Waals surface area contributed by atoms with Gasteiger partial charge in [-0.25, -0.2) is 0 Å². The van der Waals surface area contributed by atoms with Gasteiger partial charge < -0.3 is 24.8 Å². The first-order chi connectivity index (χ1) is 20.4. The van der Waals surface area contributed by atoms with Gasteiger partial charge >= 0.3 is 11.9 Å². The van der Waals surface area contributed by atoms with Crippen molar-refractivity contribution in [2.45, 2.75) is 186 Å². The molecule has 0 aromatic carbocycles. The summed E-state index contributed by atoms with van der Waals surface area (Å²) in [6, 6.07) is 0. The maximum absolute atomic E-state index is 11.9. The standard InChI is InChI=1S/C35H66O7/c1-3-5-7-9-11-12-13-14-15-19-23-27-34(39)41-29-31(36)30-42-35(40)28-24-20-16-18-22-26-33(38)32(37)25-21-17-10-8-6-4-2/h17,21,31-33,36-38H,3-16,18-20,22-30H2,1-2H3/b21-17-/t31-,32+,33+/m0/s1. The van der Waals surface area contributed by atoms with Crippen LogP contribution in [0.25, 0.3) is 0 Å². The predicted molar refractivity (Wildman–Crippen MR) is 171 cm³/mol. The van der Waals surface area contributed by atoms with Gasteiger partial charge in [0.15, 0.2) is 0 Å². The highest BCUT2D eigenvalue weighted by molar-refractivity contribution is 5.69. The molecule has 7 nitrogen and oxygen atoms in total. The summed E-state index contributed by atoms with van der Waals surface area (Å²) in [5, 5.41) is 30.1. The number of aliphatic hydroxyl groups excluding tert-OH is 3. The molecule has 0 spiro atoms. The molecule has 0 aliphatic carbocycles. The van der Waals surface area contributed by atoms with Gasteiger partial charge in [-0.1, -0.05) is 129 Å². The van der Waals surface area contributed by atoms with E-state index in [4.69, 9.17) is 9.47 Å². The number of aliphatic hydroxyl groups is 3. The van der Waals surface area contributed by atoms with Gasteiger partial charge in [0.05, 0.1) is 12.2 Å². The van der Waals surface area contributed by atoms with Crippen LogP contribution in [-0.4, -0.2) is 58.8 Å². The summed E-state index contributed by atoms with van der Waals surface area (Å²) in [6.45, 7) is 4.09. The largest absolute Gasteiger partial charge is 0.463 e. The van der Waals surface area contributed by atoms with Gasteiger partial charge in [-0.3, -0.25) is 9.59 Å². The summed E-state index contributed by atoms with van der Waals surface area (Å²) in [5.41, 5.74) is 0. The Morgan fingerprint density at radius 3 is 1.48 bits per heavy atom. The third-order valence-corrected chi connectivity index (χ3v) is 7.70. The molecule has 3 N–H and O–H groups in total. The Bertz CT molecular complexity index is 637. The molecule has 0 unspecified atom stereocenters. The SMILES string of the molecule is CCCCC/C=C\C[C@@H](O)[C@H](O)CCCCCCCC(=O)OC[C@@H](O)COC(=O)CCCCCCCCCCCCC. The van der Waals surface area contributed by atoms with Crippen LogP contribution in [0.15, 0.2) is 12.2 Å². The molecule has 0 rings (SSSR count). The van der Waals surface area contributed by atoms with Crippen LogP contribution in [0.5, 0.6) is 0 Å². The van der Waals surface area contributed by atoms with Crippen LogP contribution in [0.2, 0.25) is 0 Å². The number of hydrogen-bond donors (Lipinski definition) is 3. The Morgan fingerprint density at radius 1 is 0.548 bits per heavy atom. The molecule has 0 aliphatic rings. The van der Waals surface area contributed by atoms with E-state index in [9.17, 15) is 24.9 Å². The molecular weight excluding hydrogens is 532 g/mol. The van der Waals surface area contributed by atoms with Crippen LogP contribution >= 0.6 is 0 Å². The minimum absolute atomic E-state index is 0.153. The smallest absolute Gasteiger partial charge is 0.305 e. The van der Waals surface area contributed by atoms with Crippen molar-refractivity contribution < 1.29 is 34.4 Å². The maximum Gasteiger partial charge on any atom is 0.305 e. The number of esters is 2. The second-order valence-corrected chi connectivity index (χ2v) is 11.9. The van der Waals surface area contributed by atoms with E-state index in [1.165, 1.54) is 70.6 Å². The number of rotatable bonds is 31. The summed E-state index contributed by atoms with van der Waals surface area (Å²) < 4.78 is 10.2. The monoisotopic (exact) mass is 598 g/mol. The summed E-state index contributed by atoms with van der Waals surface area (Å²) in [4.78, 5) is 23.8. The van der Waals surface area contributed by atoms with Gasteiger partial charge in [0, 0.05) is 12.8 Å². The van der Waals surface area contributed by atoms with E-state index in [-0.39, 0.29) is 31.6 Å². The van der Waals surface area contributed by atoms with Crippen molar-refractivity contribution in [2.75, 3.05) is 13.2 Å². The molecular formula is C35H66O7. The van der Waals surface area contributed by atoms with Crippen LogP contribution in [0.3, 0.4) is 0 Å². The third-order valence-electron chi connectivity index (χ3n) is 7.70. The minimum atomic E-state index is -1.01. The highest BCUT2D eigenvalue weighted by Gasteiger charge is 2.14. The summed E-state index contributed by atoms with van der Waals surface area (Å²) in [6.07, 6.45) is 25.7. The number of carbonyl (C=O) groups excluding carboxylic acids is 2. The topological polar surface area (TPSA) is 113 Å². The van der Waals surface area contributed by atoms with Crippen molar-refractivity contribution >= 4 is 11.9 Å². The molecule has 248 valence electrons. The van der Waals surface area contributed by atoms with Crippen molar-refractivity contribution in [3.8, 4) is 0 Å². The summed E-state index contributed by atoms with van der Waals surface area (Å²) in [7, 11) is 0. The quantitative estimate of drug-likeness (QED) is 0.0419. The van der Waals surface area contributed by atoms with Crippen molar-refractivity contribution in [2.24, 2.45) is 0 Å². The van der Waals surface area contributed by atoms with E-state index in [0.29, 0.717) is 25.7 Å². The van der Waals surface area contributed by atoms with E-state index in [1.807, 2.05) is 6.08 Å². The fourth-order valence-corrected chi connectivity index (χ4v) is 4.87. The Kier molecular flexibility index (Phi) is 29.9. The Hall–Kier alpha value is -1.44. The summed E-state index contributed by atoms with van der Waals surface area (Å²) in [5.74, 6) is -0.671. The molecule has 0 fully saturated rings. The number of allylic oxidation sites excluding steroid dienone is 1. The van der Waals surface area contributed by atoms with E-state index >= 15 is 0 Å². The first-order valence-corrected chi connectivity index (χ1v) is 17.4. The number of carbonyl (C=O) groups is 2. The summed E-state index contributed by atoms with van der Waals surface area (Å²) >= 11 is 0. The van der Waals surface area contributed by atoms with Gasteiger partial charge in [-0.15, -0.1) is 0 Å². The lowest BCUT2D eigenvalue weighted by Crippen LogP contribution is -2.25. The molecule has 3 atom stereocenters. The van der Waals surface area contributed by atoms with Crippen LogP contribution in [-0.2, 0) is 19.1 Å². The van der Waals surface area contributed by atoms with Crippen LogP contribution in [0, 0.1) is 0 Å². The van der Waals surface area contributed by atoms with Crippen molar-refractivity contribution in [1.82, 2.24) is 0 Å². The number of unbranched alkanes of at least 4 members (excludes halogenated alkanes) is 17. The zero-order chi connectivity index (χ0) is 31.1. The molecule has 42 heavy (non-hydrogen) atoms. The second kappa shape index (κ2) is 31.0. The van der Waals surface area contributed by atoms with Crippen LogP contribution in [0.4, 0.5) is 0 Å². The van der Waals surface area contributed by atoms with Crippen LogP contribution < -0.4 is 0 Å². The molecule has 0 saturated carbocycles. The Labute approximate surface area is 257 Å². The van der Waals surface area contributed by atoms with Crippen molar-refractivity contribution in [3.63, 3.8) is 0 Å². The minimum Gasteiger partial charge on any atom is -0.463 e. The average Bonchev–Trinajstić information content (AvgIpc) is 2.98. The van der Waals surface area contributed by atoms with E-state index < -0.39 is 18.3 Å². The normalized spacial score (nSPS) is 13.7. The maximum atomic E-state index is 11.9. The van der Waals surface area contributed by atoms with Crippen molar-refractivity contribution in [1.29, 1.82) is 0 Å².